The molecule has 1 heterocycles. The van der Waals surface area contributed by atoms with Gasteiger partial charge in [-0.25, -0.2) is 0 Å². The van der Waals surface area contributed by atoms with Crippen LogP contribution in [-0.2, 0) is 4.79 Å². The Balaban J connectivity index is 1.63. The molecule has 5 heteroatoms. The first-order valence-electron chi connectivity index (χ1n) is 6.62. The lowest BCUT2D eigenvalue weighted by atomic mass is 10.2. The van der Waals surface area contributed by atoms with Crippen LogP contribution < -0.4 is 10.1 Å². The highest BCUT2D eigenvalue weighted by atomic mass is 127. The molecule has 0 radical (unpaired) electrons. The van der Waals surface area contributed by atoms with Crippen LogP contribution in [0.3, 0.4) is 0 Å². The molecule has 0 aliphatic carbocycles. The lowest BCUT2D eigenvalue weighted by molar-refractivity contribution is -0.132. The van der Waals surface area contributed by atoms with E-state index in [0.29, 0.717) is 13.0 Å². The van der Waals surface area contributed by atoms with Gasteiger partial charge in [0.15, 0.2) is 0 Å². The van der Waals surface area contributed by atoms with Crippen LogP contribution >= 0.6 is 22.6 Å². The standard InChI is InChI=1S/C14H19IN2O2/c15-12-3-5-13(6-4-12)19-11-1-2-14(18)17-9-7-16-8-10-17/h3-6,16H,1-2,7-11H2. The molecule has 1 aliphatic rings. The smallest absolute Gasteiger partial charge is 0.222 e. The first-order chi connectivity index (χ1) is 9.25. The van der Waals surface area contributed by atoms with Gasteiger partial charge in [-0.05, 0) is 53.3 Å². The lowest BCUT2D eigenvalue weighted by Gasteiger charge is -2.27. The van der Waals surface area contributed by atoms with Gasteiger partial charge < -0.3 is 15.0 Å². The second-order valence-electron chi connectivity index (χ2n) is 4.54. The Kier molecular flexibility index (Phi) is 5.91. The maximum atomic E-state index is 11.9. The van der Waals surface area contributed by atoms with Gasteiger partial charge in [0, 0.05) is 36.2 Å². The van der Waals surface area contributed by atoms with Crippen LogP contribution in [0.5, 0.6) is 5.75 Å². The molecule has 2 rings (SSSR count). The van der Waals surface area contributed by atoms with Crippen molar-refractivity contribution in [1.82, 2.24) is 10.2 Å². The highest BCUT2D eigenvalue weighted by Crippen LogP contribution is 2.13. The van der Waals surface area contributed by atoms with E-state index in [1.165, 1.54) is 3.57 Å². The summed E-state index contributed by atoms with van der Waals surface area (Å²) < 4.78 is 6.81. The molecule has 0 spiro atoms. The second-order valence-corrected chi connectivity index (χ2v) is 5.78. The summed E-state index contributed by atoms with van der Waals surface area (Å²) in [7, 11) is 0. The number of piperazine rings is 1. The van der Waals surface area contributed by atoms with Gasteiger partial charge >= 0.3 is 0 Å². The Morgan fingerprint density at radius 3 is 2.63 bits per heavy atom. The minimum absolute atomic E-state index is 0.243. The van der Waals surface area contributed by atoms with Gasteiger partial charge in [-0.2, -0.15) is 0 Å². The SMILES string of the molecule is O=C(CCCOc1ccc(I)cc1)N1CCNCC1. The normalized spacial score (nSPS) is 15.3. The fourth-order valence-corrected chi connectivity index (χ4v) is 2.38. The van der Waals surface area contributed by atoms with Gasteiger partial charge in [0.1, 0.15) is 5.75 Å². The van der Waals surface area contributed by atoms with E-state index in [4.69, 9.17) is 4.74 Å². The number of halogens is 1. The Morgan fingerprint density at radius 1 is 1.26 bits per heavy atom. The van der Waals surface area contributed by atoms with Crippen LogP contribution in [-0.4, -0.2) is 43.6 Å². The van der Waals surface area contributed by atoms with Crippen molar-refractivity contribution in [1.29, 1.82) is 0 Å². The van der Waals surface area contributed by atoms with E-state index in [9.17, 15) is 4.79 Å². The zero-order valence-electron chi connectivity index (χ0n) is 10.9. The minimum atomic E-state index is 0.243. The van der Waals surface area contributed by atoms with Crippen LogP contribution in [0.25, 0.3) is 0 Å². The summed E-state index contributed by atoms with van der Waals surface area (Å²) >= 11 is 2.26. The van der Waals surface area contributed by atoms with Crippen molar-refractivity contribution >= 4 is 28.5 Å². The highest BCUT2D eigenvalue weighted by Gasteiger charge is 2.15. The average Bonchev–Trinajstić information content (AvgIpc) is 2.46. The fourth-order valence-electron chi connectivity index (χ4n) is 2.02. The largest absolute Gasteiger partial charge is 0.494 e. The maximum absolute atomic E-state index is 11.9. The van der Waals surface area contributed by atoms with Crippen molar-refractivity contribution in [2.24, 2.45) is 0 Å². The van der Waals surface area contributed by atoms with E-state index in [2.05, 4.69) is 27.9 Å². The van der Waals surface area contributed by atoms with Gasteiger partial charge in [-0.15, -0.1) is 0 Å². The van der Waals surface area contributed by atoms with E-state index in [0.717, 1.165) is 38.3 Å². The summed E-state index contributed by atoms with van der Waals surface area (Å²) in [4.78, 5) is 13.8. The monoisotopic (exact) mass is 374 g/mol. The molecule has 0 atom stereocenters. The van der Waals surface area contributed by atoms with Crippen LogP contribution in [0.2, 0.25) is 0 Å². The lowest BCUT2D eigenvalue weighted by Crippen LogP contribution is -2.46. The van der Waals surface area contributed by atoms with Crippen LogP contribution in [0.4, 0.5) is 0 Å². The Hall–Kier alpha value is -0.820. The Morgan fingerprint density at radius 2 is 1.95 bits per heavy atom. The Bertz CT molecular complexity index is 402. The van der Waals surface area contributed by atoms with Crippen molar-refractivity contribution in [2.45, 2.75) is 12.8 Å². The molecule has 1 aromatic rings. The van der Waals surface area contributed by atoms with Gasteiger partial charge in [0.2, 0.25) is 5.91 Å². The summed E-state index contributed by atoms with van der Waals surface area (Å²) in [6.45, 7) is 4.07. The van der Waals surface area contributed by atoms with E-state index in [1.807, 2.05) is 29.2 Å². The first kappa shape index (κ1) is 14.6. The molecule has 0 aromatic heterocycles. The predicted molar refractivity (Wildman–Crippen MR) is 83.3 cm³/mol. The fraction of sp³-hybridized carbons (Fsp3) is 0.500. The van der Waals surface area contributed by atoms with Crippen molar-refractivity contribution in [3.05, 3.63) is 27.8 Å². The van der Waals surface area contributed by atoms with E-state index < -0.39 is 0 Å². The topological polar surface area (TPSA) is 41.6 Å². The number of rotatable bonds is 5. The van der Waals surface area contributed by atoms with Crippen molar-refractivity contribution < 1.29 is 9.53 Å². The number of benzene rings is 1. The molecule has 104 valence electrons. The number of nitrogens with one attached hydrogen (secondary N) is 1. The summed E-state index contributed by atoms with van der Waals surface area (Å²) in [6.07, 6.45) is 1.35. The van der Waals surface area contributed by atoms with Crippen molar-refractivity contribution in [2.75, 3.05) is 32.8 Å². The molecule has 1 saturated heterocycles. The predicted octanol–water partition coefficient (Wildman–Crippen LogP) is 1.88. The zero-order valence-corrected chi connectivity index (χ0v) is 13.1. The first-order valence-corrected chi connectivity index (χ1v) is 7.70. The van der Waals surface area contributed by atoms with Gasteiger partial charge in [-0.1, -0.05) is 0 Å². The molecule has 1 N–H and O–H groups in total. The van der Waals surface area contributed by atoms with Gasteiger partial charge in [-0.3, -0.25) is 4.79 Å². The third-order valence-electron chi connectivity index (χ3n) is 3.09. The molecule has 0 saturated carbocycles. The molecule has 1 amide bonds. The van der Waals surface area contributed by atoms with E-state index >= 15 is 0 Å². The number of carbonyl (C=O) groups excluding carboxylic acids is 1. The number of ether oxygens (including phenoxy) is 1. The highest BCUT2D eigenvalue weighted by molar-refractivity contribution is 14.1. The molecule has 0 unspecified atom stereocenters. The second kappa shape index (κ2) is 7.69. The number of nitrogens with zero attached hydrogens (tertiary/aromatic N) is 1. The summed E-state index contributed by atoms with van der Waals surface area (Å²) in [5, 5.41) is 3.24. The number of hydrogen-bond acceptors (Lipinski definition) is 3. The molecule has 1 aromatic carbocycles. The number of amides is 1. The van der Waals surface area contributed by atoms with E-state index in [1.54, 1.807) is 0 Å². The molecule has 1 fully saturated rings. The summed E-state index contributed by atoms with van der Waals surface area (Å²) in [6, 6.07) is 7.95. The minimum Gasteiger partial charge on any atom is -0.494 e. The third-order valence-corrected chi connectivity index (χ3v) is 3.81. The van der Waals surface area contributed by atoms with E-state index in [-0.39, 0.29) is 5.91 Å². The van der Waals surface area contributed by atoms with Crippen LogP contribution in [0.15, 0.2) is 24.3 Å². The third kappa shape index (κ3) is 4.99. The van der Waals surface area contributed by atoms with Gasteiger partial charge in [0.25, 0.3) is 0 Å². The molecule has 19 heavy (non-hydrogen) atoms. The van der Waals surface area contributed by atoms with Crippen molar-refractivity contribution in [3.8, 4) is 5.75 Å². The molecular weight excluding hydrogens is 355 g/mol. The molecule has 1 aliphatic heterocycles. The molecule has 4 nitrogen and oxygen atoms in total. The quantitative estimate of drug-likeness (QED) is 0.632. The molecule has 0 bridgehead atoms. The van der Waals surface area contributed by atoms with Gasteiger partial charge in [0.05, 0.1) is 6.61 Å². The van der Waals surface area contributed by atoms with Crippen LogP contribution in [0, 0.1) is 3.57 Å². The van der Waals surface area contributed by atoms with Crippen molar-refractivity contribution in [3.63, 3.8) is 0 Å². The number of carbonyl (C=O) groups is 1. The maximum Gasteiger partial charge on any atom is 0.222 e. The average molecular weight is 374 g/mol. The Labute approximate surface area is 127 Å². The summed E-state index contributed by atoms with van der Waals surface area (Å²) in [5.41, 5.74) is 0. The zero-order chi connectivity index (χ0) is 13.5. The molecular formula is C14H19IN2O2. The summed E-state index contributed by atoms with van der Waals surface area (Å²) in [5.74, 6) is 1.11. The number of hydrogen-bond donors (Lipinski definition) is 1. The van der Waals surface area contributed by atoms with Crippen LogP contribution in [0.1, 0.15) is 12.8 Å².